The van der Waals surface area contributed by atoms with Crippen molar-refractivity contribution < 1.29 is 38.9 Å². The summed E-state index contributed by atoms with van der Waals surface area (Å²) in [6.07, 6.45) is 0.866. The summed E-state index contributed by atoms with van der Waals surface area (Å²) in [4.78, 5) is 49.6. The topological polar surface area (TPSA) is 142 Å². The van der Waals surface area contributed by atoms with Crippen LogP contribution in [0.2, 0.25) is 0 Å². The van der Waals surface area contributed by atoms with E-state index in [1.807, 2.05) is 0 Å². The molecule has 33 heavy (non-hydrogen) atoms. The van der Waals surface area contributed by atoms with Crippen molar-refractivity contribution in [3.05, 3.63) is 29.8 Å². The maximum absolute atomic E-state index is 12.7. The van der Waals surface area contributed by atoms with Crippen molar-refractivity contribution >= 4 is 23.8 Å². The fraction of sp³-hybridized carbons (Fsp3) is 0.565. The van der Waals surface area contributed by atoms with Gasteiger partial charge in [-0.3, -0.25) is 14.4 Å². The number of hydrogen-bond donors (Lipinski definition) is 3. The van der Waals surface area contributed by atoms with Gasteiger partial charge in [0, 0.05) is 26.5 Å². The van der Waals surface area contributed by atoms with Crippen LogP contribution in [0.15, 0.2) is 24.3 Å². The monoisotopic (exact) mass is 466 g/mol. The van der Waals surface area contributed by atoms with Crippen molar-refractivity contribution in [2.75, 3.05) is 26.3 Å². The van der Waals surface area contributed by atoms with E-state index in [1.165, 1.54) is 11.8 Å². The summed E-state index contributed by atoms with van der Waals surface area (Å²) in [5.41, 5.74) is 0.729. The van der Waals surface area contributed by atoms with Gasteiger partial charge in [-0.15, -0.1) is 0 Å². The Kier molecular flexibility index (Phi) is 12.7. The standard InChI is InChI=1S/C23H34N2O8/c1-16(2)22(23(31)33-19-8-6-18(7-9-19)15-32-17(3)28)24-20(29)14-25(11-4-5-12-26)21(30)10-13-27/h6-9,16,22,26-27H,4-5,10-15H2,1-3H3,(H,24,29). The lowest BCUT2D eigenvalue weighted by Crippen LogP contribution is -2.50. The van der Waals surface area contributed by atoms with Crippen LogP contribution < -0.4 is 10.1 Å². The molecule has 0 radical (unpaired) electrons. The van der Waals surface area contributed by atoms with Crippen LogP contribution in [0.5, 0.6) is 5.75 Å². The third-order valence-electron chi connectivity index (χ3n) is 4.67. The summed E-state index contributed by atoms with van der Waals surface area (Å²) < 4.78 is 10.3. The van der Waals surface area contributed by atoms with Crippen LogP contribution in [0.1, 0.15) is 45.6 Å². The number of carbonyl (C=O) groups excluding carboxylic acids is 4. The van der Waals surface area contributed by atoms with Gasteiger partial charge in [-0.1, -0.05) is 26.0 Å². The molecule has 0 aromatic heterocycles. The van der Waals surface area contributed by atoms with Gasteiger partial charge in [0.15, 0.2) is 0 Å². The molecule has 10 nitrogen and oxygen atoms in total. The number of nitrogens with one attached hydrogen (secondary N) is 1. The molecule has 0 heterocycles. The molecule has 0 fully saturated rings. The minimum Gasteiger partial charge on any atom is -0.461 e. The number of carbonyl (C=O) groups is 4. The largest absolute Gasteiger partial charge is 0.461 e. The number of amides is 2. The second-order valence-corrected chi connectivity index (χ2v) is 7.85. The van der Waals surface area contributed by atoms with Crippen LogP contribution in [0, 0.1) is 5.92 Å². The van der Waals surface area contributed by atoms with Gasteiger partial charge >= 0.3 is 11.9 Å². The third kappa shape index (κ3) is 10.9. The first-order chi connectivity index (χ1) is 15.7. The first kappa shape index (κ1) is 28.1. The minimum atomic E-state index is -0.939. The number of rotatable bonds is 14. The number of ether oxygens (including phenoxy) is 2. The van der Waals surface area contributed by atoms with E-state index in [2.05, 4.69) is 5.32 Å². The van der Waals surface area contributed by atoms with Gasteiger partial charge in [0.25, 0.3) is 0 Å². The summed E-state index contributed by atoms with van der Waals surface area (Å²) in [5, 5.41) is 20.6. The van der Waals surface area contributed by atoms with Crippen LogP contribution in [0.25, 0.3) is 0 Å². The molecular weight excluding hydrogens is 432 g/mol. The lowest BCUT2D eigenvalue weighted by molar-refractivity contribution is -0.142. The van der Waals surface area contributed by atoms with Crippen molar-refractivity contribution in [2.45, 2.75) is 52.7 Å². The number of nitrogens with zero attached hydrogens (tertiary/aromatic N) is 1. The molecule has 2 amide bonds. The second kappa shape index (κ2) is 15.0. The molecule has 0 aliphatic rings. The van der Waals surface area contributed by atoms with Crippen molar-refractivity contribution in [2.24, 2.45) is 5.92 Å². The van der Waals surface area contributed by atoms with Gasteiger partial charge in [-0.05, 0) is 36.5 Å². The molecule has 1 aromatic carbocycles. The molecule has 0 aliphatic carbocycles. The van der Waals surface area contributed by atoms with Gasteiger partial charge in [-0.25, -0.2) is 4.79 Å². The first-order valence-electron chi connectivity index (χ1n) is 10.9. The third-order valence-corrected chi connectivity index (χ3v) is 4.67. The van der Waals surface area contributed by atoms with Gasteiger partial charge < -0.3 is 29.9 Å². The Balaban J connectivity index is 2.74. The van der Waals surface area contributed by atoms with Crippen LogP contribution in [-0.4, -0.2) is 71.2 Å². The Bertz CT molecular complexity index is 779. The number of aliphatic hydroxyl groups excluding tert-OH is 2. The Morgan fingerprint density at radius 3 is 2.24 bits per heavy atom. The molecule has 0 saturated heterocycles. The zero-order valence-corrected chi connectivity index (χ0v) is 19.4. The predicted molar refractivity (Wildman–Crippen MR) is 119 cm³/mol. The van der Waals surface area contributed by atoms with E-state index in [0.29, 0.717) is 12.8 Å². The highest BCUT2D eigenvalue weighted by Crippen LogP contribution is 2.15. The van der Waals surface area contributed by atoms with Crippen molar-refractivity contribution in [3.63, 3.8) is 0 Å². The van der Waals surface area contributed by atoms with E-state index in [-0.39, 0.29) is 56.9 Å². The number of hydrogen-bond acceptors (Lipinski definition) is 8. The summed E-state index contributed by atoms with van der Waals surface area (Å²) in [5.74, 6) is -1.97. The smallest absolute Gasteiger partial charge is 0.334 e. The van der Waals surface area contributed by atoms with Crippen LogP contribution in [-0.2, 0) is 30.5 Å². The fourth-order valence-electron chi connectivity index (χ4n) is 2.87. The predicted octanol–water partition coefficient (Wildman–Crippen LogP) is 0.779. The molecule has 10 heteroatoms. The van der Waals surface area contributed by atoms with E-state index in [9.17, 15) is 19.2 Å². The van der Waals surface area contributed by atoms with Gasteiger partial charge in [0.05, 0.1) is 13.2 Å². The number of aliphatic hydroxyl groups is 2. The normalized spacial score (nSPS) is 11.6. The quantitative estimate of drug-likeness (QED) is 0.207. The summed E-state index contributed by atoms with van der Waals surface area (Å²) >= 11 is 0. The van der Waals surface area contributed by atoms with Gasteiger partial charge in [0.2, 0.25) is 11.8 Å². The van der Waals surface area contributed by atoms with Gasteiger partial charge in [0.1, 0.15) is 18.4 Å². The maximum Gasteiger partial charge on any atom is 0.334 e. The average molecular weight is 467 g/mol. The van der Waals surface area contributed by atoms with E-state index in [4.69, 9.17) is 19.7 Å². The molecule has 0 spiro atoms. The summed E-state index contributed by atoms with van der Waals surface area (Å²) in [6, 6.07) is 5.50. The molecule has 3 N–H and O–H groups in total. The Morgan fingerprint density at radius 2 is 1.70 bits per heavy atom. The van der Waals surface area contributed by atoms with E-state index in [0.717, 1.165) is 5.56 Å². The SMILES string of the molecule is CC(=O)OCc1ccc(OC(=O)C(NC(=O)CN(CCCCO)C(=O)CCO)C(C)C)cc1. The molecule has 184 valence electrons. The molecular formula is C23H34N2O8. The van der Waals surface area contributed by atoms with Crippen LogP contribution in [0.3, 0.4) is 0 Å². The molecule has 1 unspecified atom stereocenters. The highest BCUT2D eigenvalue weighted by molar-refractivity contribution is 5.89. The number of unbranched alkanes of at least 4 members (excludes halogenated alkanes) is 1. The molecule has 0 saturated carbocycles. The molecule has 1 rings (SSSR count). The molecule has 1 atom stereocenters. The van der Waals surface area contributed by atoms with Crippen molar-refractivity contribution in [3.8, 4) is 5.75 Å². The average Bonchev–Trinajstić information content (AvgIpc) is 2.76. The van der Waals surface area contributed by atoms with Gasteiger partial charge in [-0.2, -0.15) is 0 Å². The first-order valence-corrected chi connectivity index (χ1v) is 10.9. The van der Waals surface area contributed by atoms with Crippen molar-refractivity contribution in [1.82, 2.24) is 10.2 Å². The summed E-state index contributed by atoms with van der Waals surface area (Å²) in [7, 11) is 0. The molecule has 0 bridgehead atoms. The van der Waals surface area contributed by atoms with Crippen LogP contribution >= 0.6 is 0 Å². The molecule has 0 aliphatic heterocycles. The lowest BCUT2D eigenvalue weighted by Gasteiger charge is -2.25. The Hall–Kier alpha value is -2.98. The number of esters is 2. The Labute approximate surface area is 193 Å². The van der Waals surface area contributed by atoms with E-state index >= 15 is 0 Å². The van der Waals surface area contributed by atoms with Crippen molar-refractivity contribution in [1.29, 1.82) is 0 Å². The fourth-order valence-corrected chi connectivity index (χ4v) is 2.87. The van der Waals surface area contributed by atoms with E-state index in [1.54, 1.807) is 38.1 Å². The Morgan fingerprint density at radius 1 is 1.03 bits per heavy atom. The summed E-state index contributed by atoms with van der Waals surface area (Å²) in [6.45, 7) is 4.55. The zero-order chi connectivity index (χ0) is 24.8. The maximum atomic E-state index is 12.7. The zero-order valence-electron chi connectivity index (χ0n) is 19.4. The minimum absolute atomic E-state index is 0.0276. The lowest BCUT2D eigenvalue weighted by atomic mass is 10.0. The highest BCUT2D eigenvalue weighted by Gasteiger charge is 2.27. The molecule has 1 aromatic rings. The van der Waals surface area contributed by atoms with E-state index < -0.39 is 23.9 Å². The highest BCUT2D eigenvalue weighted by atomic mass is 16.5. The van der Waals surface area contributed by atoms with Crippen LogP contribution in [0.4, 0.5) is 0 Å². The second-order valence-electron chi connectivity index (χ2n) is 7.85. The number of benzene rings is 1.